The third-order valence-corrected chi connectivity index (χ3v) is 4.39. The van der Waals surface area contributed by atoms with E-state index in [1.54, 1.807) is 19.1 Å². The van der Waals surface area contributed by atoms with Gasteiger partial charge in [0, 0.05) is 5.57 Å². The van der Waals surface area contributed by atoms with Gasteiger partial charge in [-0.1, -0.05) is 18.7 Å². The molecule has 9 heteroatoms. The maximum absolute atomic E-state index is 12.8. The Morgan fingerprint density at radius 3 is 2.32 bits per heavy atom. The average Bonchev–Trinajstić information content (AvgIpc) is 2.75. The molecule has 0 radical (unpaired) electrons. The molecule has 1 heterocycles. The maximum atomic E-state index is 12.8. The molecule has 0 aromatic heterocycles. The Kier molecular flexibility index (Phi) is 7.58. The number of hydrogen-bond donors (Lipinski definition) is 1. The topological polar surface area (TPSA) is 138 Å². The van der Waals surface area contributed by atoms with E-state index in [0.717, 1.165) is 0 Å². The molecule has 162 valence electrons. The van der Waals surface area contributed by atoms with Crippen LogP contribution in [0.3, 0.4) is 0 Å². The number of carbonyl (C=O) groups is 3. The van der Waals surface area contributed by atoms with E-state index in [1.165, 1.54) is 26.2 Å². The first-order chi connectivity index (χ1) is 14.7. The Bertz CT molecular complexity index is 1010. The van der Waals surface area contributed by atoms with Gasteiger partial charge in [0.25, 0.3) is 0 Å². The second kappa shape index (κ2) is 10.1. The molecule has 9 nitrogen and oxygen atoms in total. The lowest BCUT2D eigenvalue weighted by atomic mass is 9.83. The van der Waals surface area contributed by atoms with Crippen molar-refractivity contribution in [3.63, 3.8) is 0 Å². The van der Waals surface area contributed by atoms with Crippen molar-refractivity contribution >= 4 is 17.9 Å². The van der Waals surface area contributed by atoms with E-state index in [4.69, 9.17) is 19.9 Å². The van der Waals surface area contributed by atoms with Crippen LogP contribution in [-0.2, 0) is 28.5 Å². The Hall–Kier alpha value is -4.06. The molecule has 2 rings (SSSR count). The van der Waals surface area contributed by atoms with Crippen LogP contribution < -0.4 is 5.73 Å². The minimum Gasteiger partial charge on any atom is -0.465 e. The quantitative estimate of drug-likeness (QED) is 0.301. The predicted molar refractivity (Wildman–Crippen MR) is 108 cm³/mol. The van der Waals surface area contributed by atoms with Crippen LogP contribution in [-0.4, -0.2) is 38.2 Å². The number of nitrogens with zero attached hydrogens (tertiary/aromatic N) is 1. The van der Waals surface area contributed by atoms with Crippen LogP contribution in [0.2, 0.25) is 0 Å². The van der Waals surface area contributed by atoms with Gasteiger partial charge in [-0.3, -0.25) is 0 Å². The molecule has 31 heavy (non-hydrogen) atoms. The summed E-state index contributed by atoms with van der Waals surface area (Å²) in [5.74, 6) is -2.78. The molecule has 1 aliphatic heterocycles. The molecule has 1 atom stereocenters. The largest absolute Gasteiger partial charge is 0.465 e. The SMILES string of the molecule is C=C(C)C(=O)OCCOC(=O)C1=C(N)OC(C)=C(C#N)[C@@H]1c1ccc(C(=O)OC)cc1. The number of methoxy groups -OCH3 is 1. The van der Waals surface area contributed by atoms with Gasteiger partial charge in [0.15, 0.2) is 0 Å². The number of carbonyl (C=O) groups excluding carboxylic acids is 3. The van der Waals surface area contributed by atoms with Crippen LogP contribution in [0, 0.1) is 11.3 Å². The van der Waals surface area contributed by atoms with Gasteiger partial charge in [0.1, 0.15) is 24.5 Å². The van der Waals surface area contributed by atoms with Crippen molar-refractivity contribution in [3.8, 4) is 6.07 Å². The molecule has 0 spiro atoms. The molecule has 1 aliphatic rings. The molecule has 0 unspecified atom stereocenters. The number of rotatable bonds is 7. The molecule has 0 saturated carbocycles. The number of nitrogens with two attached hydrogens (primary N) is 1. The van der Waals surface area contributed by atoms with Gasteiger partial charge in [0.05, 0.1) is 30.2 Å². The van der Waals surface area contributed by atoms with Gasteiger partial charge in [0.2, 0.25) is 5.88 Å². The van der Waals surface area contributed by atoms with Crippen LogP contribution in [0.25, 0.3) is 0 Å². The second-order valence-electron chi connectivity index (χ2n) is 6.56. The van der Waals surface area contributed by atoms with Gasteiger partial charge in [-0.25, -0.2) is 14.4 Å². The van der Waals surface area contributed by atoms with Gasteiger partial charge in [-0.15, -0.1) is 0 Å². The molecule has 0 aliphatic carbocycles. The summed E-state index contributed by atoms with van der Waals surface area (Å²) < 4.78 is 20.1. The molecule has 1 aromatic rings. The van der Waals surface area contributed by atoms with E-state index < -0.39 is 23.8 Å². The molecule has 0 amide bonds. The van der Waals surface area contributed by atoms with Gasteiger partial charge in [-0.2, -0.15) is 5.26 Å². The number of benzene rings is 1. The zero-order valence-corrected chi connectivity index (χ0v) is 17.4. The van der Waals surface area contributed by atoms with Gasteiger partial charge >= 0.3 is 17.9 Å². The third-order valence-electron chi connectivity index (χ3n) is 4.39. The summed E-state index contributed by atoms with van der Waals surface area (Å²) in [5.41, 5.74) is 7.09. The van der Waals surface area contributed by atoms with Crippen LogP contribution in [0.4, 0.5) is 0 Å². The van der Waals surface area contributed by atoms with Crippen molar-refractivity contribution in [2.45, 2.75) is 19.8 Å². The normalized spacial score (nSPS) is 15.5. The average molecular weight is 426 g/mol. The summed E-state index contributed by atoms with van der Waals surface area (Å²) in [7, 11) is 1.26. The molecule has 2 N–H and O–H groups in total. The zero-order valence-electron chi connectivity index (χ0n) is 17.4. The smallest absolute Gasteiger partial charge is 0.340 e. The first-order valence-electron chi connectivity index (χ1n) is 9.17. The Morgan fingerprint density at radius 2 is 1.77 bits per heavy atom. The highest BCUT2D eigenvalue weighted by Gasteiger charge is 2.36. The van der Waals surface area contributed by atoms with Crippen LogP contribution in [0.1, 0.15) is 35.7 Å². The Balaban J connectivity index is 2.29. The molecule has 0 saturated heterocycles. The zero-order chi connectivity index (χ0) is 23.1. The Labute approximate surface area is 179 Å². The van der Waals surface area contributed by atoms with Gasteiger partial charge < -0.3 is 24.7 Å². The molecule has 0 bridgehead atoms. The monoisotopic (exact) mass is 426 g/mol. The number of allylic oxidation sites excluding steroid dienone is 2. The van der Waals surface area contributed by atoms with Gasteiger partial charge in [-0.05, 0) is 31.5 Å². The maximum Gasteiger partial charge on any atom is 0.340 e. The standard InChI is InChI=1S/C22H22N2O7/c1-12(2)20(25)29-9-10-30-22(27)18-17(16(11-23)13(3)31-19(18)24)14-5-7-15(8-6-14)21(26)28-4/h5-8,17H,1,9-10,24H2,2-4H3/t17-/m0/s1. The van der Waals surface area contributed by atoms with Crippen molar-refractivity contribution in [3.05, 3.63) is 70.3 Å². The van der Waals surface area contributed by atoms with E-state index in [9.17, 15) is 19.6 Å². The first kappa shape index (κ1) is 23.2. The van der Waals surface area contributed by atoms with E-state index >= 15 is 0 Å². The van der Waals surface area contributed by atoms with E-state index in [0.29, 0.717) is 11.1 Å². The lowest BCUT2D eigenvalue weighted by molar-refractivity contribution is -0.147. The lowest BCUT2D eigenvalue weighted by Gasteiger charge is -2.26. The van der Waals surface area contributed by atoms with Crippen LogP contribution in [0.15, 0.2) is 59.2 Å². The summed E-state index contributed by atoms with van der Waals surface area (Å²) in [6, 6.07) is 8.23. The Morgan fingerprint density at radius 1 is 1.16 bits per heavy atom. The molecular weight excluding hydrogens is 404 g/mol. The van der Waals surface area contributed by atoms with Crippen molar-refractivity contribution in [2.24, 2.45) is 5.73 Å². The van der Waals surface area contributed by atoms with E-state index in [1.807, 2.05) is 6.07 Å². The number of nitriles is 1. The van der Waals surface area contributed by atoms with Crippen molar-refractivity contribution < 1.29 is 33.3 Å². The fourth-order valence-corrected chi connectivity index (χ4v) is 2.86. The summed E-state index contributed by atoms with van der Waals surface area (Å²) in [6.45, 7) is 6.10. The van der Waals surface area contributed by atoms with Crippen LogP contribution >= 0.6 is 0 Å². The number of ether oxygens (including phenoxy) is 4. The minimum atomic E-state index is -0.865. The van der Waals surface area contributed by atoms with Crippen molar-refractivity contribution in [2.75, 3.05) is 20.3 Å². The van der Waals surface area contributed by atoms with Crippen molar-refractivity contribution in [1.29, 1.82) is 5.26 Å². The predicted octanol–water partition coefficient (Wildman–Crippen LogP) is 2.22. The van der Waals surface area contributed by atoms with E-state index in [2.05, 4.69) is 11.3 Å². The summed E-state index contributed by atoms with van der Waals surface area (Å²) in [6.07, 6.45) is 0. The summed E-state index contributed by atoms with van der Waals surface area (Å²) in [5, 5.41) is 9.64. The number of esters is 3. The third kappa shape index (κ3) is 5.30. The fourth-order valence-electron chi connectivity index (χ4n) is 2.86. The van der Waals surface area contributed by atoms with Crippen molar-refractivity contribution in [1.82, 2.24) is 0 Å². The number of hydrogen-bond acceptors (Lipinski definition) is 9. The highest BCUT2D eigenvalue weighted by atomic mass is 16.6. The van der Waals surface area contributed by atoms with Crippen LogP contribution in [0.5, 0.6) is 0 Å². The summed E-state index contributed by atoms with van der Waals surface area (Å²) >= 11 is 0. The first-order valence-corrected chi connectivity index (χ1v) is 9.17. The fraction of sp³-hybridized carbons (Fsp3) is 0.273. The highest BCUT2D eigenvalue weighted by Crippen LogP contribution is 2.39. The summed E-state index contributed by atoms with van der Waals surface area (Å²) in [4.78, 5) is 35.8. The lowest BCUT2D eigenvalue weighted by Crippen LogP contribution is -2.27. The second-order valence-corrected chi connectivity index (χ2v) is 6.56. The van der Waals surface area contributed by atoms with E-state index in [-0.39, 0.29) is 41.6 Å². The molecular formula is C22H22N2O7. The molecule has 1 aromatic carbocycles. The highest BCUT2D eigenvalue weighted by molar-refractivity contribution is 5.93. The minimum absolute atomic E-state index is 0.0702. The molecule has 0 fully saturated rings.